The second kappa shape index (κ2) is 9.51. The molecule has 7 nitrogen and oxygen atoms in total. The van der Waals surface area contributed by atoms with Crippen LogP contribution in [0.25, 0.3) is 39.0 Å². The number of amides is 1. The van der Waals surface area contributed by atoms with Gasteiger partial charge in [-0.1, -0.05) is 52.3 Å². The molecule has 2 aliphatic rings. The third kappa shape index (κ3) is 4.43. The molecule has 1 aliphatic carbocycles. The minimum Gasteiger partial charge on any atom is -0.350 e. The van der Waals surface area contributed by atoms with E-state index < -0.39 is 0 Å². The smallest absolute Gasteiger partial charge is 0.225 e. The number of nitrogens with one attached hydrogen (secondary N) is 1. The predicted octanol–water partition coefficient (Wildman–Crippen LogP) is 6.21. The van der Waals surface area contributed by atoms with E-state index in [1.54, 1.807) is 6.20 Å². The number of anilines is 1. The Morgan fingerprint density at radius 3 is 2.68 bits per heavy atom. The van der Waals surface area contributed by atoms with E-state index in [1.807, 2.05) is 23.1 Å². The number of nitrogens with zero attached hydrogens (tertiary/aromatic N) is 5. The molecule has 1 amide bonds. The van der Waals surface area contributed by atoms with E-state index >= 15 is 0 Å². The van der Waals surface area contributed by atoms with Gasteiger partial charge in [-0.15, -0.1) is 0 Å². The van der Waals surface area contributed by atoms with Crippen LogP contribution in [-0.2, 0) is 4.79 Å². The highest BCUT2D eigenvalue weighted by atomic mass is 79.9. The molecular weight excluding hydrogens is 540 g/mol. The van der Waals surface area contributed by atoms with Crippen LogP contribution in [0.4, 0.5) is 5.95 Å². The molecule has 190 valence electrons. The van der Waals surface area contributed by atoms with Crippen molar-refractivity contribution in [2.75, 3.05) is 18.4 Å². The Labute approximate surface area is 229 Å². The zero-order valence-corrected chi connectivity index (χ0v) is 22.4. The molecule has 7 rings (SSSR count). The van der Waals surface area contributed by atoms with Gasteiger partial charge in [-0.2, -0.15) is 4.98 Å². The fourth-order valence-corrected chi connectivity index (χ4v) is 5.76. The summed E-state index contributed by atoms with van der Waals surface area (Å²) in [6, 6.07) is 22.9. The van der Waals surface area contributed by atoms with Crippen molar-refractivity contribution in [3.63, 3.8) is 0 Å². The number of benzene rings is 3. The summed E-state index contributed by atoms with van der Waals surface area (Å²) in [6.07, 6.45) is 5.84. The fourth-order valence-electron chi connectivity index (χ4n) is 5.41. The summed E-state index contributed by atoms with van der Waals surface area (Å²) in [6.45, 7) is 1.55. The maximum Gasteiger partial charge on any atom is 0.225 e. The number of halogens is 1. The molecular formula is C30H27BrN6O. The Kier molecular flexibility index (Phi) is 5.84. The molecule has 0 radical (unpaired) electrons. The molecule has 1 atom stereocenters. The van der Waals surface area contributed by atoms with Crippen LogP contribution in [0.1, 0.15) is 25.7 Å². The standard InChI is InChI=1S/C30H27BrN6O/c31-23-11-12-25-26(17-23)37(28(34-25)22-10-7-19-4-1-2-5-21(19)16-22)27-13-14-32-30(35-27)33-24-6-3-15-36(18-24)29(38)20-8-9-20/h1-2,4-5,7,10-14,16-17,20,24H,3,6,8-9,15,18H2,(H,32,33,35)/t24-/m0/s1. The van der Waals surface area contributed by atoms with Gasteiger partial charge in [-0.05, 0) is 66.8 Å². The molecule has 5 aromatic rings. The zero-order valence-electron chi connectivity index (χ0n) is 20.8. The van der Waals surface area contributed by atoms with Crippen molar-refractivity contribution in [2.45, 2.75) is 31.7 Å². The first-order valence-electron chi connectivity index (χ1n) is 13.2. The highest BCUT2D eigenvalue weighted by molar-refractivity contribution is 9.10. The van der Waals surface area contributed by atoms with E-state index in [1.165, 1.54) is 5.39 Å². The molecule has 3 aromatic carbocycles. The number of carbonyl (C=O) groups is 1. The number of likely N-dealkylation sites (tertiary alicyclic amines) is 1. The van der Waals surface area contributed by atoms with Crippen LogP contribution in [-0.4, -0.2) is 49.5 Å². The monoisotopic (exact) mass is 566 g/mol. The van der Waals surface area contributed by atoms with Gasteiger partial charge in [0.25, 0.3) is 0 Å². The Bertz CT molecular complexity index is 1680. The maximum absolute atomic E-state index is 12.6. The number of imidazole rings is 1. The van der Waals surface area contributed by atoms with Gasteiger partial charge >= 0.3 is 0 Å². The van der Waals surface area contributed by atoms with Crippen LogP contribution in [0.3, 0.4) is 0 Å². The van der Waals surface area contributed by atoms with E-state index in [9.17, 15) is 4.79 Å². The molecule has 2 aromatic heterocycles. The summed E-state index contributed by atoms with van der Waals surface area (Å²) in [5.41, 5.74) is 2.88. The molecule has 8 heteroatoms. The lowest BCUT2D eigenvalue weighted by molar-refractivity contribution is -0.133. The quantitative estimate of drug-likeness (QED) is 0.273. The number of rotatable bonds is 5. The third-order valence-electron chi connectivity index (χ3n) is 7.49. The van der Waals surface area contributed by atoms with Gasteiger partial charge in [0.05, 0.1) is 11.0 Å². The van der Waals surface area contributed by atoms with Gasteiger partial charge in [-0.3, -0.25) is 9.36 Å². The molecule has 0 unspecified atom stereocenters. The summed E-state index contributed by atoms with van der Waals surface area (Å²) in [7, 11) is 0. The van der Waals surface area contributed by atoms with Gasteiger partial charge in [0.2, 0.25) is 11.9 Å². The van der Waals surface area contributed by atoms with Crippen molar-refractivity contribution in [3.8, 4) is 17.2 Å². The first kappa shape index (κ1) is 23.3. The van der Waals surface area contributed by atoms with E-state index in [4.69, 9.17) is 9.97 Å². The van der Waals surface area contributed by atoms with Gasteiger partial charge in [-0.25, -0.2) is 9.97 Å². The number of hydrogen-bond acceptors (Lipinski definition) is 5. The van der Waals surface area contributed by atoms with Crippen LogP contribution in [0.2, 0.25) is 0 Å². The molecule has 38 heavy (non-hydrogen) atoms. The topological polar surface area (TPSA) is 75.9 Å². The lowest BCUT2D eigenvalue weighted by atomic mass is 10.1. The van der Waals surface area contributed by atoms with E-state index in [2.05, 4.69) is 79.3 Å². The lowest BCUT2D eigenvalue weighted by Gasteiger charge is -2.33. The SMILES string of the molecule is O=C(C1CC1)N1CCC[C@H](Nc2nccc(-n3c(-c4ccc5ccccc5c4)nc4ccc(Br)cc43)n2)C1. The Balaban J connectivity index is 1.26. The minimum atomic E-state index is 0.135. The zero-order chi connectivity index (χ0) is 25.6. The second-order valence-corrected chi connectivity index (χ2v) is 11.2. The highest BCUT2D eigenvalue weighted by Gasteiger charge is 2.35. The van der Waals surface area contributed by atoms with Crippen molar-refractivity contribution in [3.05, 3.63) is 77.4 Å². The van der Waals surface area contributed by atoms with Crippen molar-refractivity contribution < 1.29 is 4.79 Å². The highest BCUT2D eigenvalue weighted by Crippen LogP contribution is 2.33. The molecule has 1 N–H and O–H groups in total. The lowest BCUT2D eigenvalue weighted by Crippen LogP contribution is -2.45. The van der Waals surface area contributed by atoms with Crippen LogP contribution in [0.15, 0.2) is 77.4 Å². The molecule has 0 spiro atoms. The predicted molar refractivity (Wildman–Crippen MR) is 153 cm³/mol. The van der Waals surface area contributed by atoms with E-state index in [0.29, 0.717) is 18.4 Å². The number of piperidine rings is 1. The Morgan fingerprint density at radius 1 is 0.947 bits per heavy atom. The third-order valence-corrected chi connectivity index (χ3v) is 7.98. The average molecular weight is 567 g/mol. The van der Waals surface area contributed by atoms with Crippen molar-refractivity contribution in [1.82, 2.24) is 24.4 Å². The largest absolute Gasteiger partial charge is 0.350 e. The first-order valence-corrected chi connectivity index (χ1v) is 14.0. The summed E-state index contributed by atoms with van der Waals surface area (Å²) in [4.78, 5) is 29.1. The average Bonchev–Trinajstić information content (AvgIpc) is 3.73. The summed E-state index contributed by atoms with van der Waals surface area (Å²) in [5, 5.41) is 5.87. The summed E-state index contributed by atoms with van der Waals surface area (Å²) in [5.74, 6) is 2.69. The van der Waals surface area contributed by atoms with Crippen molar-refractivity contribution >= 4 is 49.6 Å². The summed E-state index contributed by atoms with van der Waals surface area (Å²) < 4.78 is 3.08. The van der Waals surface area contributed by atoms with E-state index in [-0.39, 0.29) is 12.0 Å². The number of hydrogen-bond donors (Lipinski definition) is 1. The maximum atomic E-state index is 12.6. The van der Waals surface area contributed by atoms with Crippen molar-refractivity contribution in [1.29, 1.82) is 0 Å². The van der Waals surface area contributed by atoms with Gasteiger partial charge in [0.1, 0.15) is 11.6 Å². The molecule has 1 saturated carbocycles. The number of fused-ring (bicyclic) bond motifs is 2. The van der Waals surface area contributed by atoms with Crippen LogP contribution in [0.5, 0.6) is 0 Å². The second-order valence-electron chi connectivity index (χ2n) is 10.2. The molecule has 1 saturated heterocycles. The molecule has 0 bridgehead atoms. The molecule has 3 heterocycles. The van der Waals surface area contributed by atoms with E-state index in [0.717, 1.165) is 70.3 Å². The Hall–Kier alpha value is -3.78. The first-order chi connectivity index (χ1) is 18.6. The van der Waals surface area contributed by atoms with Gasteiger partial charge in [0, 0.05) is 41.3 Å². The van der Waals surface area contributed by atoms with Gasteiger partial charge < -0.3 is 10.2 Å². The number of aromatic nitrogens is 4. The molecule has 1 aliphatic heterocycles. The van der Waals surface area contributed by atoms with Crippen LogP contribution < -0.4 is 5.32 Å². The van der Waals surface area contributed by atoms with Gasteiger partial charge in [0.15, 0.2) is 0 Å². The van der Waals surface area contributed by atoms with Crippen molar-refractivity contribution in [2.24, 2.45) is 5.92 Å². The number of carbonyl (C=O) groups excluding carboxylic acids is 1. The van der Waals surface area contributed by atoms with Crippen LogP contribution in [0, 0.1) is 5.92 Å². The summed E-state index contributed by atoms with van der Waals surface area (Å²) >= 11 is 3.63. The normalized spacial score (nSPS) is 17.7. The fraction of sp³-hybridized carbons (Fsp3) is 0.267. The van der Waals surface area contributed by atoms with Crippen LogP contribution >= 0.6 is 15.9 Å². The molecule has 2 fully saturated rings. The minimum absolute atomic E-state index is 0.135. The Morgan fingerprint density at radius 2 is 1.82 bits per heavy atom.